The minimum Gasteiger partial charge on any atom is -0.497 e. The van der Waals surface area contributed by atoms with E-state index in [4.69, 9.17) is 4.74 Å². The molecule has 2 nitrogen and oxygen atoms in total. The van der Waals surface area contributed by atoms with Crippen molar-refractivity contribution in [2.24, 2.45) is 0 Å². The van der Waals surface area contributed by atoms with Crippen LogP contribution in [0.3, 0.4) is 0 Å². The van der Waals surface area contributed by atoms with Gasteiger partial charge in [-0.05, 0) is 30.7 Å². The molecule has 0 fully saturated rings. The summed E-state index contributed by atoms with van der Waals surface area (Å²) in [6.07, 6.45) is 3.36. The van der Waals surface area contributed by atoms with Crippen molar-refractivity contribution in [1.29, 1.82) is 0 Å². The summed E-state index contributed by atoms with van der Waals surface area (Å²) in [5, 5.41) is 0. The first-order chi connectivity index (χ1) is 7.27. The number of hydrogen-bond donors (Lipinski definition) is 0. The SMILES string of the molecule is CCCCC[S@@](=O)c1ccc(OC)cc1. The normalized spacial score (nSPS) is 12.4. The van der Waals surface area contributed by atoms with Crippen molar-refractivity contribution in [1.82, 2.24) is 0 Å². The Morgan fingerprint density at radius 1 is 1.20 bits per heavy atom. The zero-order chi connectivity index (χ0) is 11.1. The van der Waals surface area contributed by atoms with Gasteiger partial charge in [-0.3, -0.25) is 4.21 Å². The van der Waals surface area contributed by atoms with E-state index in [0.717, 1.165) is 29.2 Å². The number of benzene rings is 1. The molecule has 0 N–H and O–H groups in total. The highest BCUT2D eigenvalue weighted by molar-refractivity contribution is 7.85. The maximum absolute atomic E-state index is 11.8. The lowest BCUT2D eigenvalue weighted by atomic mass is 10.3. The molecule has 0 amide bonds. The van der Waals surface area contributed by atoms with Crippen molar-refractivity contribution >= 4 is 10.8 Å². The first-order valence-corrected chi connectivity index (χ1v) is 6.62. The first kappa shape index (κ1) is 12.2. The molecule has 0 aromatic heterocycles. The molecule has 0 heterocycles. The minimum absolute atomic E-state index is 0.764. The van der Waals surface area contributed by atoms with E-state index in [1.165, 1.54) is 6.42 Å². The number of methoxy groups -OCH3 is 1. The Morgan fingerprint density at radius 3 is 2.40 bits per heavy atom. The summed E-state index contributed by atoms with van der Waals surface area (Å²) in [4.78, 5) is 0.895. The highest BCUT2D eigenvalue weighted by atomic mass is 32.2. The molecule has 0 spiro atoms. The molecule has 0 aliphatic heterocycles. The van der Waals surface area contributed by atoms with Gasteiger partial charge < -0.3 is 4.74 Å². The monoisotopic (exact) mass is 226 g/mol. The molecule has 0 saturated heterocycles. The molecular formula is C12H18O2S. The molecule has 0 unspecified atom stereocenters. The predicted molar refractivity (Wildman–Crippen MR) is 63.8 cm³/mol. The fraction of sp³-hybridized carbons (Fsp3) is 0.500. The van der Waals surface area contributed by atoms with Crippen LogP contribution in [0.5, 0.6) is 5.75 Å². The second kappa shape index (κ2) is 6.62. The van der Waals surface area contributed by atoms with E-state index in [2.05, 4.69) is 6.92 Å². The quantitative estimate of drug-likeness (QED) is 0.697. The van der Waals surface area contributed by atoms with Crippen LogP contribution < -0.4 is 4.74 Å². The number of rotatable bonds is 6. The summed E-state index contributed by atoms with van der Waals surface area (Å²) in [5.41, 5.74) is 0. The molecule has 1 rings (SSSR count). The molecule has 3 heteroatoms. The number of hydrogen-bond acceptors (Lipinski definition) is 2. The van der Waals surface area contributed by atoms with Gasteiger partial charge >= 0.3 is 0 Å². The van der Waals surface area contributed by atoms with Gasteiger partial charge in [0.05, 0.1) is 17.9 Å². The van der Waals surface area contributed by atoms with Crippen LogP contribution in [0.2, 0.25) is 0 Å². The van der Waals surface area contributed by atoms with Crippen molar-refractivity contribution < 1.29 is 8.95 Å². The van der Waals surface area contributed by atoms with E-state index in [1.807, 2.05) is 24.3 Å². The highest BCUT2D eigenvalue weighted by Crippen LogP contribution is 2.15. The third-order valence-electron chi connectivity index (χ3n) is 2.26. The maximum Gasteiger partial charge on any atom is 0.118 e. The molecule has 0 bridgehead atoms. The first-order valence-electron chi connectivity index (χ1n) is 5.30. The van der Waals surface area contributed by atoms with E-state index in [-0.39, 0.29) is 0 Å². The predicted octanol–water partition coefficient (Wildman–Crippen LogP) is 2.99. The van der Waals surface area contributed by atoms with E-state index in [1.54, 1.807) is 7.11 Å². The minimum atomic E-state index is -0.851. The van der Waals surface area contributed by atoms with E-state index in [9.17, 15) is 4.21 Å². The summed E-state index contributed by atoms with van der Waals surface area (Å²) in [6.45, 7) is 2.15. The van der Waals surface area contributed by atoms with Crippen molar-refractivity contribution in [2.75, 3.05) is 12.9 Å². The summed E-state index contributed by atoms with van der Waals surface area (Å²) in [7, 11) is 0.781. The Kier molecular flexibility index (Phi) is 5.40. The third-order valence-corrected chi connectivity index (χ3v) is 3.71. The zero-order valence-corrected chi connectivity index (χ0v) is 10.2. The van der Waals surface area contributed by atoms with Gasteiger partial charge in [0.2, 0.25) is 0 Å². The highest BCUT2D eigenvalue weighted by Gasteiger charge is 2.03. The van der Waals surface area contributed by atoms with Gasteiger partial charge in [0, 0.05) is 10.6 Å². The number of unbranched alkanes of at least 4 members (excludes halogenated alkanes) is 2. The molecule has 0 aliphatic rings. The largest absolute Gasteiger partial charge is 0.497 e. The van der Waals surface area contributed by atoms with E-state index in [0.29, 0.717) is 0 Å². The van der Waals surface area contributed by atoms with Crippen LogP contribution in [0.15, 0.2) is 29.2 Å². The Labute approximate surface area is 94.1 Å². The summed E-state index contributed by atoms with van der Waals surface area (Å²) >= 11 is 0. The van der Waals surface area contributed by atoms with Gasteiger partial charge in [-0.25, -0.2) is 0 Å². The van der Waals surface area contributed by atoms with Crippen LogP contribution in [0.25, 0.3) is 0 Å². The van der Waals surface area contributed by atoms with Crippen molar-refractivity contribution in [3.63, 3.8) is 0 Å². The number of ether oxygens (including phenoxy) is 1. The van der Waals surface area contributed by atoms with Crippen molar-refractivity contribution in [3.8, 4) is 5.75 Å². The fourth-order valence-corrected chi connectivity index (χ4v) is 2.47. The van der Waals surface area contributed by atoms with Gasteiger partial charge in [0.1, 0.15) is 5.75 Å². The zero-order valence-electron chi connectivity index (χ0n) is 9.36. The van der Waals surface area contributed by atoms with Crippen LogP contribution in [0.1, 0.15) is 26.2 Å². The molecule has 84 valence electrons. The average molecular weight is 226 g/mol. The van der Waals surface area contributed by atoms with Gasteiger partial charge in [-0.1, -0.05) is 19.8 Å². The molecule has 0 saturated carbocycles. The summed E-state index contributed by atoms with van der Waals surface area (Å²) in [6, 6.07) is 7.46. The van der Waals surface area contributed by atoms with Gasteiger partial charge in [0.25, 0.3) is 0 Å². The fourth-order valence-electron chi connectivity index (χ4n) is 1.33. The van der Waals surface area contributed by atoms with Gasteiger partial charge in [-0.15, -0.1) is 0 Å². The third kappa shape index (κ3) is 4.04. The van der Waals surface area contributed by atoms with Crippen molar-refractivity contribution in [3.05, 3.63) is 24.3 Å². The Balaban J connectivity index is 2.50. The lowest BCUT2D eigenvalue weighted by Crippen LogP contribution is -1.98. The molecule has 15 heavy (non-hydrogen) atoms. The van der Waals surface area contributed by atoms with Gasteiger partial charge in [-0.2, -0.15) is 0 Å². The Bertz CT molecular complexity index is 306. The molecular weight excluding hydrogens is 208 g/mol. The summed E-state index contributed by atoms with van der Waals surface area (Å²) in [5.74, 6) is 1.57. The van der Waals surface area contributed by atoms with E-state index >= 15 is 0 Å². The van der Waals surface area contributed by atoms with Crippen LogP contribution >= 0.6 is 0 Å². The van der Waals surface area contributed by atoms with Crippen LogP contribution in [0.4, 0.5) is 0 Å². The van der Waals surface area contributed by atoms with Crippen LogP contribution in [-0.4, -0.2) is 17.1 Å². The second-order valence-corrected chi connectivity index (χ2v) is 5.00. The molecule has 0 radical (unpaired) electrons. The van der Waals surface area contributed by atoms with E-state index < -0.39 is 10.8 Å². The second-order valence-electron chi connectivity index (χ2n) is 3.43. The topological polar surface area (TPSA) is 26.3 Å². The average Bonchev–Trinajstić information content (AvgIpc) is 2.29. The van der Waals surface area contributed by atoms with Crippen LogP contribution in [0, 0.1) is 0 Å². The molecule has 0 aliphatic carbocycles. The standard InChI is InChI=1S/C12H18O2S/c1-3-4-5-10-15(13)12-8-6-11(14-2)7-9-12/h6-9H,3-5,10H2,1-2H3/t15-/m1/s1. The van der Waals surface area contributed by atoms with Gasteiger partial charge in [0.15, 0.2) is 0 Å². The lowest BCUT2D eigenvalue weighted by Gasteiger charge is -2.03. The lowest BCUT2D eigenvalue weighted by molar-refractivity contribution is 0.414. The maximum atomic E-state index is 11.8. The molecule has 1 atom stereocenters. The Morgan fingerprint density at radius 2 is 1.87 bits per heavy atom. The smallest absolute Gasteiger partial charge is 0.118 e. The molecule has 1 aromatic rings. The Hall–Kier alpha value is -0.830. The summed E-state index contributed by atoms with van der Waals surface area (Å²) < 4.78 is 16.8. The van der Waals surface area contributed by atoms with Crippen LogP contribution in [-0.2, 0) is 10.8 Å². The van der Waals surface area contributed by atoms with Crippen molar-refractivity contribution in [2.45, 2.75) is 31.1 Å². The molecule has 1 aromatic carbocycles.